The van der Waals surface area contributed by atoms with Crippen molar-refractivity contribution in [1.82, 2.24) is 4.90 Å². The van der Waals surface area contributed by atoms with Gasteiger partial charge in [-0.05, 0) is 69.5 Å². The Morgan fingerprint density at radius 3 is 2.08 bits per heavy atom. The Balaban J connectivity index is 0.00000243. The van der Waals surface area contributed by atoms with Crippen LogP contribution in [0.3, 0.4) is 0 Å². The van der Waals surface area contributed by atoms with Crippen LogP contribution in [-0.4, -0.2) is 35.2 Å². The Morgan fingerprint density at radius 2 is 1.50 bits per heavy atom. The molecule has 0 aromatic heterocycles. The highest BCUT2D eigenvalue weighted by atomic mass is 35.5. The Bertz CT molecular complexity index is 696. The lowest BCUT2D eigenvalue weighted by Crippen LogP contribution is -2.53. The summed E-state index contributed by atoms with van der Waals surface area (Å²) in [6, 6.07) is 17.2. The number of halogens is 2. The SMILES string of the molecule is CN(C)C1(Cc2ccccc2)CCC(O)(Cc2cccc(F)c2)CC1.Cl. The second kappa shape index (κ2) is 8.51. The first kappa shape index (κ1) is 20.9. The van der Waals surface area contributed by atoms with Gasteiger partial charge in [-0.1, -0.05) is 42.5 Å². The average molecular weight is 378 g/mol. The maximum atomic E-state index is 13.4. The summed E-state index contributed by atoms with van der Waals surface area (Å²) in [4.78, 5) is 2.32. The molecule has 142 valence electrons. The third kappa shape index (κ3) is 4.85. The summed E-state index contributed by atoms with van der Waals surface area (Å²) in [7, 11) is 4.28. The van der Waals surface area contributed by atoms with E-state index >= 15 is 0 Å². The minimum absolute atomic E-state index is 0. The number of hydrogen-bond donors (Lipinski definition) is 1. The van der Waals surface area contributed by atoms with E-state index in [1.165, 1.54) is 17.7 Å². The molecule has 0 bridgehead atoms. The average Bonchev–Trinajstić information content (AvgIpc) is 2.58. The number of nitrogens with zero attached hydrogens (tertiary/aromatic N) is 1. The fourth-order valence-electron chi connectivity index (χ4n) is 4.14. The molecule has 0 aliphatic heterocycles. The molecule has 0 amide bonds. The van der Waals surface area contributed by atoms with Crippen LogP contribution in [0.25, 0.3) is 0 Å². The lowest BCUT2D eigenvalue weighted by atomic mass is 9.69. The molecule has 1 fully saturated rings. The van der Waals surface area contributed by atoms with Crippen LogP contribution in [0.2, 0.25) is 0 Å². The summed E-state index contributed by atoms with van der Waals surface area (Å²) in [5.74, 6) is -0.233. The molecule has 4 heteroatoms. The van der Waals surface area contributed by atoms with Crippen molar-refractivity contribution in [3.8, 4) is 0 Å². The molecule has 1 saturated carbocycles. The van der Waals surface area contributed by atoms with E-state index in [0.29, 0.717) is 6.42 Å². The van der Waals surface area contributed by atoms with Gasteiger partial charge in [-0.25, -0.2) is 4.39 Å². The highest BCUT2D eigenvalue weighted by Crippen LogP contribution is 2.41. The van der Waals surface area contributed by atoms with Gasteiger partial charge in [-0.2, -0.15) is 0 Å². The normalized spacial score (nSPS) is 25.7. The largest absolute Gasteiger partial charge is 0.390 e. The van der Waals surface area contributed by atoms with Crippen LogP contribution < -0.4 is 0 Å². The van der Waals surface area contributed by atoms with Gasteiger partial charge in [-0.15, -0.1) is 12.4 Å². The Kier molecular flexibility index (Phi) is 6.84. The summed E-state index contributed by atoms with van der Waals surface area (Å²) in [6.07, 6.45) is 4.90. The van der Waals surface area contributed by atoms with Crippen LogP contribution in [0.15, 0.2) is 54.6 Å². The fourth-order valence-corrected chi connectivity index (χ4v) is 4.14. The van der Waals surface area contributed by atoms with E-state index in [0.717, 1.165) is 37.7 Å². The quantitative estimate of drug-likeness (QED) is 0.820. The van der Waals surface area contributed by atoms with Crippen molar-refractivity contribution < 1.29 is 9.50 Å². The first-order chi connectivity index (χ1) is 11.9. The molecule has 0 heterocycles. The van der Waals surface area contributed by atoms with E-state index in [-0.39, 0.29) is 23.8 Å². The van der Waals surface area contributed by atoms with Crippen LogP contribution in [0.5, 0.6) is 0 Å². The molecule has 0 saturated heterocycles. The van der Waals surface area contributed by atoms with E-state index in [1.54, 1.807) is 6.07 Å². The molecule has 2 nitrogen and oxygen atoms in total. The summed E-state index contributed by atoms with van der Waals surface area (Å²) in [5.41, 5.74) is 1.56. The van der Waals surface area contributed by atoms with Gasteiger partial charge in [0, 0.05) is 12.0 Å². The summed E-state index contributed by atoms with van der Waals surface area (Å²) >= 11 is 0. The van der Waals surface area contributed by atoms with Gasteiger partial charge >= 0.3 is 0 Å². The molecule has 1 aliphatic carbocycles. The van der Waals surface area contributed by atoms with E-state index in [9.17, 15) is 9.50 Å². The standard InChI is InChI=1S/C22H28FNO.ClH/c1-24(2)21(16-18-7-4-3-5-8-18)11-13-22(25,14-12-21)17-19-9-6-10-20(23)15-19;/h3-10,15,25H,11-14,16-17H2,1-2H3;1H. The summed E-state index contributed by atoms with van der Waals surface area (Å²) in [5, 5.41) is 11.1. The van der Waals surface area contributed by atoms with Crippen LogP contribution in [0.4, 0.5) is 4.39 Å². The summed E-state index contributed by atoms with van der Waals surface area (Å²) < 4.78 is 13.4. The molecule has 3 rings (SSSR count). The monoisotopic (exact) mass is 377 g/mol. The molecule has 0 spiro atoms. The molecule has 2 aromatic rings. The molecular weight excluding hydrogens is 349 g/mol. The number of benzene rings is 2. The van der Waals surface area contributed by atoms with Crippen molar-refractivity contribution in [2.75, 3.05) is 14.1 Å². The number of aliphatic hydroxyl groups is 1. The molecule has 26 heavy (non-hydrogen) atoms. The van der Waals surface area contributed by atoms with Gasteiger partial charge in [-0.3, -0.25) is 0 Å². The smallest absolute Gasteiger partial charge is 0.123 e. The van der Waals surface area contributed by atoms with Gasteiger partial charge in [0.05, 0.1) is 5.60 Å². The lowest BCUT2D eigenvalue weighted by Gasteiger charge is -2.48. The maximum Gasteiger partial charge on any atom is 0.123 e. The summed E-state index contributed by atoms with van der Waals surface area (Å²) in [6.45, 7) is 0. The van der Waals surface area contributed by atoms with E-state index < -0.39 is 5.60 Å². The molecule has 1 N–H and O–H groups in total. The van der Waals surface area contributed by atoms with Crippen molar-refractivity contribution in [3.63, 3.8) is 0 Å². The Labute approximate surface area is 162 Å². The molecule has 2 aromatic carbocycles. The predicted octanol–water partition coefficient (Wildman–Crippen LogP) is 4.64. The lowest BCUT2D eigenvalue weighted by molar-refractivity contribution is -0.0436. The second-order valence-electron chi connectivity index (χ2n) is 7.81. The van der Waals surface area contributed by atoms with Gasteiger partial charge < -0.3 is 10.0 Å². The second-order valence-corrected chi connectivity index (χ2v) is 7.81. The van der Waals surface area contributed by atoms with Gasteiger partial charge in [0.25, 0.3) is 0 Å². The Hall–Kier alpha value is -1.42. The molecule has 0 unspecified atom stereocenters. The zero-order valence-electron chi connectivity index (χ0n) is 15.6. The van der Waals surface area contributed by atoms with Crippen LogP contribution >= 0.6 is 12.4 Å². The first-order valence-electron chi connectivity index (χ1n) is 9.09. The number of hydrogen-bond acceptors (Lipinski definition) is 2. The van der Waals surface area contributed by atoms with Gasteiger partial charge in [0.15, 0.2) is 0 Å². The molecule has 1 aliphatic rings. The van der Waals surface area contributed by atoms with Crippen molar-refractivity contribution in [3.05, 3.63) is 71.5 Å². The maximum absolute atomic E-state index is 13.4. The minimum atomic E-state index is -0.732. The molecule has 0 atom stereocenters. The van der Waals surface area contributed by atoms with Crippen molar-refractivity contribution in [2.24, 2.45) is 0 Å². The highest BCUT2D eigenvalue weighted by Gasteiger charge is 2.43. The van der Waals surface area contributed by atoms with Crippen molar-refractivity contribution in [1.29, 1.82) is 0 Å². The third-order valence-electron chi connectivity index (χ3n) is 5.86. The zero-order valence-corrected chi connectivity index (χ0v) is 16.4. The number of rotatable bonds is 5. The highest BCUT2D eigenvalue weighted by molar-refractivity contribution is 5.85. The fraction of sp³-hybridized carbons (Fsp3) is 0.455. The Morgan fingerprint density at radius 1 is 0.885 bits per heavy atom. The predicted molar refractivity (Wildman–Crippen MR) is 107 cm³/mol. The molecule has 0 radical (unpaired) electrons. The van der Waals surface area contributed by atoms with Crippen LogP contribution in [0.1, 0.15) is 36.8 Å². The number of likely N-dealkylation sites (N-methyl/N-ethyl adjacent to an activating group) is 1. The van der Waals surface area contributed by atoms with E-state index in [2.05, 4.69) is 43.3 Å². The van der Waals surface area contributed by atoms with Crippen LogP contribution in [-0.2, 0) is 12.8 Å². The topological polar surface area (TPSA) is 23.5 Å². The van der Waals surface area contributed by atoms with Crippen molar-refractivity contribution in [2.45, 2.75) is 49.7 Å². The van der Waals surface area contributed by atoms with E-state index in [1.807, 2.05) is 12.1 Å². The van der Waals surface area contributed by atoms with Crippen LogP contribution in [0, 0.1) is 5.82 Å². The first-order valence-corrected chi connectivity index (χ1v) is 9.09. The zero-order chi connectivity index (χ0) is 17.9. The van der Waals surface area contributed by atoms with Crippen molar-refractivity contribution >= 4 is 12.4 Å². The molecular formula is C22H29ClFNO. The third-order valence-corrected chi connectivity index (χ3v) is 5.86. The minimum Gasteiger partial charge on any atom is -0.390 e. The van der Waals surface area contributed by atoms with Gasteiger partial charge in [0.2, 0.25) is 0 Å². The van der Waals surface area contributed by atoms with Gasteiger partial charge in [0.1, 0.15) is 5.82 Å². The van der Waals surface area contributed by atoms with E-state index in [4.69, 9.17) is 0 Å².